The Labute approximate surface area is 80.9 Å². The predicted octanol–water partition coefficient (Wildman–Crippen LogP) is -3.59. The molecule has 0 rings (SSSR count). The van der Waals surface area contributed by atoms with Gasteiger partial charge in [-0.3, -0.25) is 0 Å². The first-order valence-electron chi connectivity index (χ1n) is 0.730. The Morgan fingerprint density at radius 3 is 1.00 bits per heavy atom. The fourth-order valence-electron chi connectivity index (χ4n) is 0. The fourth-order valence-corrected chi connectivity index (χ4v) is 0. The molecule has 0 unspecified atom stereocenters. The normalized spacial score (nSPS) is 8.43. The van der Waals surface area contributed by atoms with Gasteiger partial charge in [0.25, 0.3) is 0 Å². The van der Waals surface area contributed by atoms with Crippen molar-refractivity contribution in [1.82, 2.24) is 0 Å². The Morgan fingerprint density at radius 1 is 1.00 bits per heavy atom. The van der Waals surface area contributed by atoms with Gasteiger partial charge in [-0.25, -0.2) is 0 Å². The van der Waals surface area contributed by atoms with Crippen molar-refractivity contribution >= 4 is 62.4 Å². The molecular weight excluding hydrogens is 509 g/mol. The van der Waals surface area contributed by atoms with Crippen molar-refractivity contribution in [1.29, 1.82) is 0 Å². The summed E-state index contributed by atoms with van der Waals surface area (Å²) in [5.74, 6) is 0. The van der Waals surface area contributed by atoms with Crippen LogP contribution in [0.15, 0.2) is 0 Å². The Hall–Kier alpha value is 1.95. The summed E-state index contributed by atoms with van der Waals surface area (Å²) < 4.78 is 8.55. The maximum atomic E-state index is 8.55. The molecule has 4 nitrogen and oxygen atoms in total. The molecule has 0 atom stereocenters. The molecule has 0 fully saturated rings. The van der Waals surface area contributed by atoms with Gasteiger partial charge in [-0.1, -0.05) is 0 Å². The first kappa shape index (κ1) is 16.0. The van der Waals surface area contributed by atoms with Crippen LogP contribution in [-0.2, 0) is 4.57 Å². The summed E-state index contributed by atoms with van der Waals surface area (Å²) >= 11 is 0. The van der Waals surface area contributed by atoms with Crippen LogP contribution in [0.1, 0.15) is 0 Å². The van der Waals surface area contributed by atoms with E-state index in [1.54, 1.807) is 0 Å². The predicted molar refractivity (Wildman–Crippen MR) is 19.1 cm³/mol. The largest absolute Gasteiger partial charge is 2.00 e. The van der Waals surface area contributed by atoms with Crippen LogP contribution in [0.25, 0.3) is 0 Å². The molecule has 7 heavy (non-hydrogen) atoms. The number of rotatable bonds is 0. The van der Waals surface area contributed by atoms with Gasteiger partial charge in [-0.15, -0.1) is 0 Å². The average molecular weight is 509 g/mol. The minimum atomic E-state index is -5.39. The standard InChI is InChI=1S/H3O4P.2Pb/c1-5(2,3)4;;/h(H3,1,2,3,4);;/q;2*+2/p-3. The topological polar surface area (TPSA) is 86.2 Å². The van der Waals surface area contributed by atoms with Crippen LogP contribution >= 0.6 is 7.82 Å². The van der Waals surface area contributed by atoms with Crippen molar-refractivity contribution in [2.24, 2.45) is 0 Å². The first-order valence-corrected chi connectivity index (χ1v) is 2.19. The molecule has 0 amide bonds. The maximum absolute atomic E-state index is 8.55. The third-order valence-electron chi connectivity index (χ3n) is 0. The minimum absolute atomic E-state index is 0. The third kappa shape index (κ3) is 73.8. The second kappa shape index (κ2) is 6.08. The van der Waals surface area contributed by atoms with E-state index in [4.69, 9.17) is 19.2 Å². The minimum Gasteiger partial charge on any atom is -0.822 e. The van der Waals surface area contributed by atoms with Gasteiger partial charge in [0.2, 0.25) is 0 Å². The molecule has 0 saturated heterocycles. The SMILES string of the molecule is O=P([O-])([O-])[O-].[Pb+2].[Pb+2]. The van der Waals surface area contributed by atoms with E-state index < -0.39 is 7.82 Å². The van der Waals surface area contributed by atoms with E-state index in [-0.39, 0.29) is 54.6 Å². The first-order chi connectivity index (χ1) is 2.00. The smallest absolute Gasteiger partial charge is 0.822 e. The van der Waals surface area contributed by atoms with Gasteiger partial charge in [0.05, 0.1) is 0 Å². The molecule has 0 N–H and O–H groups in total. The van der Waals surface area contributed by atoms with Gasteiger partial charge in [0.1, 0.15) is 0 Å². The molecule has 0 aliphatic carbocycles. The van der Waals surface area contributed by atoms with E-state index in [1.807, 2.05) is 0 Å². The van der Waals surface area contributed by atoms with E-state index in [0.717, 1.165) is 0 Å². The van der Waals surface area contributed by atoms with Crippen LogP contribution in [0.2, 0.25) is 0 Å². The van der Waals surface area contributed by atoms with Gasteiger partial charge in [-0.2, -0.15) is 7.82 Å². The van der Waals surface area contributed by atoms with Crippen molar-refractivity contribution in [2.45, 2.75) is 0 Å². The number of phosphoric acid groups is 1. The molecule has 0 saturated carbocycles. The van der Waals surface area contributed by atoms with Crippen molar-refractivity contribution in [3.05, 3.63) is 0 Å². The molecular formula is O4PPb2+. The van der Waals surface area contributed by atoms with Gasteiger partial charge >= 0.3 is 54.6 Å². The summed E-state index contributed by atoms with van der Waals surface area (Å²) in [5, 5.41) is 0. The van der Waals surface area contributed by atoms with Crippen molar-refractivity contribution < 1.29 is 19.2 Å². The molecule has 7 heteroatoms. The molecule has 0 aliphatic heterocycles. The summed E-state index contributed by atoms with van der Waals surface area (Å²) in [6.45, 7) is 0. The van der Waals surface area contributed by atoms with Crippen LogP contribution in [0.3, 0.4) is 0 Å². The second-order valence-electron chi connectivity index (χ2n) is 0.447. The summed E-state index contributed by atoms with van der Waals surface area (Å²) in [4.78, 5) is 25.6. The molecule has 36 valence electrons. The number of hydrogen-bond donors (Lipinski definition) is 0. The second-order valence-corrected chi connectivity index (χ2v) is 1.34. The van der Waals surface area contributed by atoms with E-state index >= 15 is 0 Å². The van der Waals surface area contributed by atoms with E-state index in [9.17, 15) is 0 Å². The van der Waals surface area contributed by atoms with E-state index in [0.29, 0.717) is 0 Å². The van der Waals surface area contributed by atoms with Gasteiger partial charge in [0, 0.05) is 0 Å². The summed E-state index contributed by atoms with van der Waals surface area (Å²) in [6.07, 6.45) is 0. The summed E-state index contributed by atoms with van der Waals surface area (Å²) in [7, 11) is -5.39. The fraction of sp³-hybridized carbons (Fsp3) is 0. The van der Waals surface area contributed by atoms with Crippen molar-refractivity contribution in [3.63, 3.8) is 0 Å². The van der Waals surface area contributed by atoms with Crippen LogP contribution in [-0.4, -0.2) is 54.6 Å². The zero-order valence-corrected chi connectivity index (χ0v) is 11.7. The summed E-state index contributed by atoms with van der Waals surface area (Å²) in [5.41, 5.74) is 0. The van der Waals surface area contributed by atoms with Gasteiger partial charge in [-0.05, 0) is 0 Å². The Morgan fingerprint density at radius 2 is 1.00 bits per heavy atom. The van der Waals surface area contributed by atoms with Crippen LogP contribution in [0.4, 0.5) is 0 Å². The third-order valence-corrected chi connectivity index (χ3v) is 0. The van der Waals surface area contributed by atoms with E-state index in [2.05, 4.69) is 0 Å². The van der Waals surface area contributed by atoms with Gasteiger partial charge < -0.3 is 19.2 Å². The van der Waals surface area contributed by atoms with Crippen LogP contribution < -0.4 is 14.7 Å². The molecule has 0 bridgehead atoms. The van der Waals surface area contributed by atoms with Crippen LogP contribution in [0, 0.1) is 0 Å². The molecule has 0 aromatic carbocycles. The monoisotopic (exact) mass is 511 g/mol. The Balaban J connectivity index is -0.0000000800. The van der Waals surface area contributed by atoms with Crippen LogP contribution in [0.5, 0.6) is 0 Å². The molecule has 4 radical (unpaired) electrons. The average Bonchev–Trinajstić information content (AvgIpc) is 0.722. The Kier molecular flexibility index (Phi) is 13.9. The molecule has 0 spiro atoms. The molecule has 0 aromatic heterocycles. The summed E-state index contributed by atoms with van der Waals surface area (Å²) in [6, 6.07) is 0. The van der Waals surface area contributed by atoms with Crippen molar-refractivity contribution in [2.75, 3.05) is 0 Å². The quantitative estimate of drug-likeness (QED) is 0.250. The maximum Gasteiger partial charge on any atom is 2.00 e. The van der Waals surface area contributed by atoms with E-state index in [1.165, 1.54) is 0 Å². The zero-order valence-electron chi connectivity index (χ0n) is 3.08. The van der Waals surface area contributed by atoms with Gasteiger partial charge in [0.15, 0.2) is 0 Å². The van der Waals surface area contributed by atoms with Crippen molar-refractivity contribution in [3.8, 4) is 0 Å². The Bertz CT molecular complexity index is 55.8. The molecule has 0 aliphatic rings. The zero-order chi connectivity index (χ0) is 4.50. The molecule has 0 heterocycles. The molecule has 0 aromatic rings. The number of hydrogen-bond acceptors (Lipinski definition) is 4.